The van der Waals surface area contributed by atoms with Crippen LogP contribution in [0.15, 0.2) is 48.5 Å². The fraction of sp³-hybridized carbons (Fsp3) is 0.263. The molecular weight excluding hydrogens is 304 g/mol. The van der Waals surface area contributed by atoms with Crippen LogP contribution in [0.2, 0.25) is 0 Å². The van der Waals surface area contributed by atoms with Crippen LogP contribution in [0.25, 0.3) is 0 Å². The van der Waals surface area contributed by atoms with Crippen molar-refractivity contribution in [3.63, 3.8) is 0 Å². The molecule has 2 N–H and O–H groups in total. The zero-order valence-electron chi connectivity index (χ0n) is 13.8. The maximum atomic E-state index is 12.5. The van der Waals surface area contributed by atoms with Gasteiger partial charge >= 0.3 is 0 Å². The molecule has 0 radical (unpaired) electrons. The monoisotopic (exact) mass is 324 g/mol. The fourth-order valence-corrected chi connectivity index (χ4v) is 2.58. The smallest absolute Gasteiger partial charge is 0.240 e. The lowest BCUT2D eigenvalue weighted by atomic mass is 10.0. The standard InChI is InChI=1S/C19H20N2O3/c1-13-4-3-5-15(12-13)21-18(23)19(10-11-19)17(22)20-14-6-8-16(24-2)9-7-14/h3-9,12H,10-11H2,1-2H3,(H,20,22)(H,21,23). The number of nitrogens with one attached hydrogen (secondary N) is 2. The molecule has 124 valence electrons. The van der Waals surface area contributed by atoms with Crippen molar-refractivity contribution in [2.24, 2.45) is 5.41 Å². The highest BCUT2D eigenvalue weighted by atomic mass is 16.5. The second-order valence-electron chi connectivity index (χ2n) is 6.09. The first-order chi connectivity index (χ1) is 11.5. The van der Waals surface area contributed by atoms with E-state index in [-0.39, 0.29) is 11.8 Å². The van der Waals surface area contributed by atoms with Crippen LogP contribution >= 0.6 is 0 Å². The number of hydrogen-bond acceptors (Lipinski definition) is 3. The topological polar surface area (TPSA) is 67.4 Å². The Bertz CT molecular complexity index is 764. The van der Waals surface area contributed by atoms with Crippen LogP contribution in [-0.4, -0.2) is 18.9 Å². The van der Waals surface area contributed by atoms with Crippen LogP contribution in [0, 0.1) is 12.3 Å². The molecule has 0 spiro atoms. The molecule has 0 bridgehead atoms. The minimum Gasteiger partial charge on any atom is -0.497 e. The lowest BCUT2D eigenvalue weighted by molar-refractivity contribution is -0.131. The van der Waals surface area contributed by atoms with E-state index in [1.54, 1.807) is 31.4 Å². The summed E-state index contributed by atoms with van der Waals surface area (Å²) in [4.78, 5) is 25.1. The van der Waals surface area contributed by atoms with Gasteiger partial charge in [0.05, 0.1) is 7.11 Å². The van der Waals surface area contributed by atoms with Gasteiger partial charge in [0.15, 0.2) is 0 Å². The molecule has 0 atom stereocenters. The van der Waals surface area contributed by atoms with Crippen molar-refractivity contribution in [3.05, 3.63) is 54.1 Å². The first-order valence-corrected chi connectivity index (χ1v) is 7.87. The summed E-state index contributed by atoms with van der Waals surface area (Å²) >= 11 is 0. The van der Waals surface area contributed by atoms with E-state index in [9.17, 15) is 9.59 Å². The summed E-state index contributed by atoms with van der Waals surface area (Å²) in [6.07, 6.45) is 1.12. The maximum absolute atomic E-state index is 12.5. The summed E-state index contributed by atoms with van der Waals surface area (Å²) in [5, 5.41) is 5.67. The molecule has 0 aliphatic heterocycles. The Hall–Kier alpha value is -2.82. The van der Waals surface area contributed by atoms with Gasteiger partial charge in [-0.15, -0.1) is 0 Å². The quantitative estimate of drug-likeness (QED) is 0.829. The molecule has 3 rings (SSSR count). The second kappa shape index (κ2) is 6.35. The highest BCUT2D eigenvalue weighted by Crippen LogP contribution is 2.47. The summed E-state index contributed by atoms with van der Waals surface area (Å²) in [6.45, 7) is 1.96. The van der Waals surface area contributed by atoms with Gasteiger partial charge in [0.25, 0.3) is 0 Å². The highest BCUT2D eigenvalue weighted by molar-refractivity contribution is 6.16. The van der Waals surface area contributed by atoms with Crippen LogP contribution in [0.3, 0.4) is 0 Å². The number of hydrogen-bond donors (Lipinski definition) is 2. The Labute approximate surface area is 141 Å². The average Bonchev–Trinajstić information content (AvgIpc) is 3.37. The van der Waals surface area contributed by atoms with Gasteiger partial charge in [-0.2, -0.15) is 0 Å². The van der Waals surface area contributed by atoms with Crippen molar-refractivity contribution in [3.8, 4) is 5.75 Å². The zero-order chi connectivity index (χ0) is 17.2. The van der Waals surface area contributed by atoms with Crippen LogP contribution in [-0.2, 0) is 9.59 Å². The molecular formula is C19H20N2O3. The predicted molar refractivity (Wildman–Crippen MR) is 93.1 cm³/mol. The number of anilines is 2. The van der Waals surface area contributed by atoms with E-state index in [2.05, 4.69) is 10.6 Å². The first-order valence-electron chi connectivity index (χ1n) is 7.87. The number of benzene rings is 2. The van der Waals surface area contributed by atoms with E-state index >= 15 is 0 Å². The third kappa shape index (κ3) is 3.25. The van der Waals surface area contributed by atoms with Crippen molar-refractivity contribution < 1.29 is 14.3 Å². The van der Waals surface area contributed by atoms with E-state index in [1.165, 1.54) is 0 Å². The number of carbonyl (C=O) groups excluding carboxylic acids is 2. The Kier molecular flexibility index (Phi) is 4.25. The van der Waals surface area contributed by atoms with Crippen LogP contribution in [0.4, 0.5) is 11.4 Å². The van der Waals surface area contributed by atoms with Crippen molar-refractivity contribution in [1.29, 1.82) is 0 Å². The molecule has 1 saturated carbocycles. The summed E-state index contributed by atoms with van der Waals surface area (Å²) in [5.74, 6) is 0.197. The molecule has 0 aromatic heterocycles. The van der Waals surface area contributed by atoms with E-state index in [1.807, 2.05) is 31.2 Å². The van der Waals surface area contributed by atoms with Gasteiger partial charge in [0, 0.05) is 11.4 Å². The molecule has 0 saturated heterocycles. The lowest BCUT2D eigenvalue weighted by Gasteiger charge is -2.16. The number of ether oxygens (including phenoxy) is 1. The van der Waals surface area contributed by atoms with Crippen LogP contribution in [0.1, 0.15) is 18.4 Å². The number of amides is 2. The molecule has 2 aromatic carbocycles. The van der Waals surface area contributed by atoms with Crippen molar-refractivity contribution in [1.82, 2.24) is 0 Å². The van der Waals surface area contributed by atoms with E-state index in [0.717, 1.165) is 5.56 Å². The van der Waals surface area contributed by atoms with E-state index < -0.39 is 5.41 Å². The van der Waals surface area contributed by atoms with Gasteiger partial charge in [0.2, 0.25) is 11.8 Å². The number of aryl methyl sites for hydroxylation is 1. The molecule has 5 nitrogen and oxygen atoms in total. The normalized spacial score (nSPS) is 14.6. The first kappa shape index (κ1) is 16.1. The van der Waals surface area contributed by atoms with E-state index in [0.29, 0.717) is 30.0 Å². The molecule has 5 heteroatoms. The van der Waals surface area contributed by atoms with Crippen LogP contribution < -0.4 is 15.4 Å². The minimum atomic E-state index is -0.969. The van der Waals surface area contributed by atoms with Gasteiger partial charge in [-0.25, -0.2) is 0 Å². The van der Waals surface area contributed by atoms with Gasteiger partial charge in [-0.05, 0) is 61.7 Å². The summed E-state index contributed by atoms with van der Waals surface area (Å²) in [7, 11) is 1.59. The summed E-state index contributed by atoms with van der Waals surface area (Å²) < 4.78 is 5.09. The molecule has 2 amide bonds. The molecule has 0 heterocycles. The maximum Gasteiger partial charge on any atom is 0.240 e. The second-order valence-corrected chi connectivity index (χ2v) is 6.09. The Balaban J connectivity index is 1.68. The number of methoxy groups -OCH3 is 1. The summed E-state index contributed by atoms with van der Waals surface area (Å²) in [6, 6.07) is 14.6. The molecule has 0 unspecified atom stereocenters. The number of carbonyl (C=O) groups is 2. The van der Waals surface area contributed by atoms with Gasteiger partial charge < -0.3 is 15.4 Å². The van der Waals surface area contributed by atoms with Crippen molar-refractivity contribution >= 4 is 23.2 Å². The molecule has 1 aliphatic rings. The van der Waals surface area contributed by atoms with Gasteiger partial charge in [-0.3, -0.25) is 9.59 Å². The third-order valence-corrected chi connectivity index (χ3v) is 4.24. The van der Waals surface area contributed by atoms with Crippen LogP contribution in [0.5, 0.6) is 5.75 Å². The fourth-order valence-electron chi connectivity index (χ4n) is 2.58. The lowest BCUT2D eigenvalue weighted by Crippen LogP contribution is -2.35. The molecule has 24 heavy (non-hydrogen) atoms. The predicted octanol–water partition coefficient (Wildman–Crippen LogP) is 3.36. The average molecular weight is 324 g/mol. The Morgan fingerprint density at radius 1 is 0.958 bits per heavy atom. The minimum absolute atomic E-state index is 0.251. The largest absolute Gasteiger partial charge is 0.497 e. The van der Waals surface area contributed by atoms with Crippen molar-refractivity contribution in [2.75, 3.05) is 17.7 Å². The zero-order valence-corrected chi connectivity index (χ0v) is 13.8. The molecule has 2 aromatic rings. The summed E-state index contributed by atoms with van der Waals surface area (Å²) in [5.41, 5.74) is 1.45. The highest BCUT2D eigenvalue weighted by Gasteiger charge is 2.56. The molecule has 1 aliphatic carbocycles. The van der Waals surface area contributed by atoms with E-state index in [4.69, 9.17) is 4.74 Å². The van der Waals surface area contributed by atoms with Gasteiger partial charge in [0.1, 0.15) is 11.2 Å². The van der Waals surface area contributed by atoms with Gasteiger partial charge in [-0.1, -0.05) is 12.1 Å². The third-order valence-electron chi connectivity index (χ3n) is 4.24. The number of rotatable bonds is 5. The Morgan fingerprint density at radius 2 is 1.58 bits per heavy atom. The Morgan fingerprint density at radius 3 is 2.12 bits per heavy atom. The SMILES string of the molecule is COc1ccc(NC(=O)C2(C(=O)Nc3cccc(C)c3)CC2)cc1. The molecule has 1 fully saturated rings. The van der Waals surface area contributed by atoms with Crippen molar-refractivity contribution in [2.45, 2.75) is 19.8 Å².